The van der Waals surface area contributed by atoms with E-state index in [4.69, 9.17) is 4.99 Å². The number of benzene rings is 2. The van der Waals surface area contributed by atoms with Crippen LogP contribution in [0.5, 0.6) is 0 Å². The van der Waals surface area contributed by atoms with Crippen LogP contribution < -0.4 is 10.6 Å². The Labute approximate surface area is 197 Å². The normalized spacial score (nSPS) is 16.1. The molecule has 5 nitrogen and oxygen atoms in total. The van der Waals surface area contributed by atoms with Crippen LogP contribution in [0, 0.1) is 5.92 Å². The zero-order valence-corrected chi connectivity index (χ0v) is 20.3. The van der Waals surface area contributed by atoms with Crippen LogP contribution in [0.25, 0.3) is 0 Å². The SMILES string of the molecule is CCNC(=NCCc1cccc(C(=O)NC)c1)N1CCC(Cc2ccccc2)C1.I. The van der Waals surface area contributed by atoms with E-state index in [0.717, 1.165) is 44.0 Å². The number of rotatable bonds is 7. The molecular weight excluding hydrogens is 487 g/mol. The van der Waals surface area contributed by atoms with Gasteiger partial charge in [-0.2, -0.15) is 0 Å². The summed E-state index contributed by atoms with van der Waals surface area (Å²) in [7, 11) is 1.66. The van der Waals surface area contributed by atoms with Crippen LogP contribution in [-0.4, -0.2) is 50.0 Å². The van der Waals surface area contributed by atoms with Gasteiger partial charge in [-0.3, -0.25) is 9.79 Å². The summed E-state index contributed by atoms with van der Waals surface area (Å²) in [5.74, 6) is 1.63. The minimum absolute atomic E-state index is 0. The van der Waals surface area contributed by atoms with Gasteiger partial charge in [0, 0.05) is 38.8 Å². The first-order valence-electron chi connectivity index (χ1n) is 10.6. The fourth-order valence-corrected chi connectivity index (χ4v) is 3.87. The molecule has 0 radical (unpaired) electrons. The molecule has 2 aromatic carbocycles. The van der Waals surface area contributed by atoms with Gasteiger partial charge in [-0.1, -0.05) is 42.5 Å². The van der Waals surface area contributed by atoms with E-state index in [-0.39, 0.29) is 29.9 Å². The van der Waals surface area contributed by atoms with E-state index in [2.05, 4.69) is 58.9 Å². The van der Waals surface area contributed by atoms with E-state index in [9.17, 15) is 4.79 Å². The average Bonchev–Trinajstić information content (AvgIpc) is 3.22. The number of likely N-dealkylation sites (tertiary alicyclic amines) is 1. The van der Waals surface area contributed by atoms with Crippen LogP contribution in [0.1, 0.15) is 34.8 Å². The Bertz CT molecular complexity index is 825. The first-order valence-corrected chi connectivity index (χ1v) is 10.6. The van der Waals surface area contributed by atoms with Gasteiger partial charge in [-0.15, -0.1) is 24.0 Å². The highest BCUT2D eigenvalue weighted by atomic mass is 127. The van der Waals surface area contributed by atoms with Crippen molar-refractivity contribution < 1.29 is 4.79 Å². The number of guanidine groups is 1. The number of nitrogens with zero attached hydrogens (tertiary/aromatic N) is 2. The maximum Gasteiger partial charge on any atom is 0.251 e. The van der Waals surface area contributed by atoms with Gasteiger partial charge in [0.25, 0.3) is 5.91 Å². The van der Waals surface area contributed by atoms with E-state index in [0.29, 0.717) is 18.0 Å². The number of carbonyl (C=O) groups is 1. The first kappa shape index (κ1) is 24.2. The van der Waals surface area contributed by atoms with Crippen LogP contribution in [-0.2, 0) is 12.8 Å². The van der Waals surface area contributed by atoms with Crippen molar-refractivity contribution in [2.75, 3.05) is 33.2 Å². The summed E-state index contributed by atoms with van der Waals surface area (Å²) < 4.78 is 0. The van der Waals surface area contributed by atoms with Crippen molar-refractivity contribution in [3.8, 4) is 0 Å². The third-order valence-corrected chi connectivity index (χ3v) is 5.37. The number of amides is 1. The molecule has 1 unspecified atom stereocenters. The van der Waals surface area contributed by atoms with E-state index < -0.39 is 0 Å². The topological polar surface area (TPSA) is 56.7 Å². The Morgan fingerprint density at radius 3 is 2.63 bits per heavy atom. The minimum Gasteiger partial charge on any atom is -0.357 e. The van der Waals surface area contributed by atoms with Crippen LogP contribution in [0.2, 0.25) is 0 Å². The Kier molecular flexibility index (Phi) is 10.1. The summed E-state index contributed by atoms with van der Waals surface area (Å²) in [5.41, 5.74) is 3.25. The number of halogens is 1. The molecule has 1 saturated heterocycles. The molecule has 6 heteroatoms. The Hall–Kier alpha value is -2.09. The molecule has 2 N–H and O–H groups in total. The first-order chi connectivity index (χ1) is 14.2. The van der Waals surface area contributed by atoms with E-state index >= 15 is 0 Å². The van der Waals surface area contributed by atoms with E-state index in [1.54, 1.807) is 7.05 Å². The Balaban J connectivity index is 0.00000320. The Morgan fingerprint density at radius 2 is 1.90 bits per heavy atom. The molecule has 1 aliphatic rings. The van der Waals surface area contributed by atoms with Gasteiger partial charge in [-0.25, -0.2) is 0 Å². The van der Waals surface area contributed by atoms with E-state index in [1.165, 1.54) is 12.0 Å². The molecule has 162 valence electrons. The highest BCUT2D eigenvalue weighted by molar-refractivity contribution is 14.0. The van der Waals surface area contributed by atoms with Crippen molar-refractivity contribution in [3.05, 3.63) is 71.3 Å². The Morgan fingerprint density at radius 1 is 1.13 bits per heavy atom. The largest absolute Gasteiger partial charge is 0.357 e. The molecule has 1 fully saturated rings. The summed E-state index contributed by atoms with van der Waals surface area (Å²) >= 11 is 0. The number of hydrogen-bond donors (Lipinski definition) is 2. The van der Waals surface area contributed by atoms with Crippen molar-refractivity contribution in [2.24, 2.45) is 10.9 Å². The molecule has 0 aliphatic carbocycles. The summed E-state index contributed by atoms with van der Waals surface area (Å²) in [6, 6.07) is 18.5. The lowest BCUT2D eigenvalue weighted by molar-refractivity contribution is 0.0963. The third-order valence-electron chi connectivity index (χ3n) is 5.37. The molecule has 0 spiro atoms. The quantitative estimate of drug-likeness (QED) is 0.333. The smallest absolute Gasteiger partial charge is 0.251 e. The zero-order chi connectivity index (χ0) is 20.5. The van der Waals surface area contributed by atoms with Crippen molar-refractivity contribution in [1.29, 1.82) is 0 Å². The molecule has 0 bridgehead atoms. The van der Waals surface area contributed by atoms with E-state index in [1.807, 2.05) is 18.2 Å². The monoisotopic (exact) mass is 520 g/mol. The van der Waals surface area contributed by atoms with Crippen LogP contribution in [0.4, 0.5) is 0 Å². The zero-order valence-electron chi connectivity index (χ0n) is 17.9. The van der Waals surface area contributed by atoms with Gasteiger partial charge >= 0.3 is 0 Å². The lowest BCUT2D eigenvalue weighted by atomic mass is 9.99. The lowest BCUT2D eigenvalue weighted by Crippen LogP contribution is -2.40. The number of aliphatic imine (C=N–C) groups is 1. The van der Waals surface area contributed by atoms with Gasteiger partial charge < -0.3 is 15.5 Å². The molecule has 0 aromatic heterocycles. The van der Waals surface area contributed by atoms with Gasteiger partial charge in [0.05, 0.1) is 0 Å². The summed E-state index contributed by atoms with van der Waals surface area (Å²) in [6.45, 7) is 5.78. The summed E-state index contributed by atoms with van der Waals surface area (Å²) in [6.07, 6.45) is 3.15. The standard InChI is InChI=1S/C24H32N4O.HI/c1-3-26-24(27-14-12-20-10-7-11-22(17-20)23(29)25-2)28-15-13-21(18-28)16-19-8-5-4-6-9-19;/h4-11,17,21H,3,12-16,18H2,1-2H3,(H,25,29)(H,26,27);1H. The highest BCUT2D eigenvalue weighted by Crippen LogP contribution is 2.21. The second kappa shape index (κ2) is 12.6. The van der Waals surface area contributed by atoms with Gasteiger partial charge in [0.15, 0.2) is 5.96 Å². The average molecular weight is 520 g/mol. The fraction of sp³-hybridized carbons (Fsp3) is 0.417. The fourth-order valence-electron chi connectivity index (χ4n) is 3.87. The number of hydrogen-bond acceptors (Lipinski definition) is 2. The van der Waals surface area contributed by atoms with Crippen molar-refractivity contribution >= 4 is 35.8 Å². The van der Waals surface area contributed by atoms with Gasteiger partial charge in [0.1, 0.15) is 0 Å². The molecule has 1 aliphatic heterocycles. The molecule has 30 heavy (non-hydrogen) atoms. The third kappa shape index (κ3) is 7.00. The maximum atomic E-state index is 11.8. The molecule has 1 atom stereocenters. The van der Waals surface area contributed by atoms with Crippen LogP contribution in [0.3, 0.4) is 0 Å². The highest BCUT2D eigenvalue weighted by Gasteiger charge is 2.24. The molecule has 3 rings (SSSR count). The molecule has 0 saturated carbocycles. The van der Waals surface area contributed by atoms with Gasteiger partial charge in [-0.05, 0) is 55.4 Å². The lowest BCUT2D eigenvalue weighted by Gasteiger charge is -2.21. The molecular formula is C24H33IN4O. The molecule has 1 amide bonds. The number of carbonyl (C=O) groups excluding carboxylic acids is 1. The van der Waals surface area contributed by atoms with Crippen molar-refractivity contribution in [3.63, 3.8) is 0 Å². The van der Waals surface area contributed by atoms with Crippen molar-refractivity contribution in [1.82, 2.24) is 15.5 Å². The van der Waals surface area contributed by atoms with Gasteiger partial charge in [0.2, 0.25) is 0 Å². The summed E-state index contributed by atoms with van der Waals surface area (Å²) in [4.78, 5) is 19.1. The van der Waals surface area contributed by atoms with Crippen molar-refractivity contribution in [2.45, 2.75) is 26.2 Å². The predicted molar refractivity (Wildman–Crippen MR) is 135 cm³/mol. The minimum atomic E-state index is -0.0507. The second-order valence-corrected chi connectivity index (χ2v) is 7.56. The predicted octanol–water partition coefficient (Wildman–Crippen LogP) is 3.74. The molecule has 1 heterocycles. The number of nitrogens with one attached hydrogen (secondary N) is 2. The second-order valence-electron chi connectivity index (χ2n) is 7.56. The molecule has 2 aromatic rings. The van der Waals surface area contributed by atoms with Crippen LogP contribution in [0.15, 0.2) is 59.6 Å². The maximum absolute atomic E-state index is 11.8. The summed E-state index contributed by atoms with van der Waals surface area (Å²) in [5, 5.41) is 6.12. The van der Waals surface area contributed by atoms with Crippen LogP contribution >= 0.6 is 24.0 Å².